The van der Waals surface area contributed by atoms with Crippen LogP contribution in [0.15, 0.2) is 54.6 Å². The maximum atomic E-state index is 6.06. The van der Waals surface area contributed by atoms with Gasteiger partial charge in [-0.05, 0) is 23.3 Å². The molecule has 0 unspecified atom stereocenters. The van der Waals surface area contributed by atoms with Crippen molar-refractivity contribution in [2.45, 2.75) is 6.04 Å². The van der Waals surface area contributed by atoms with Crippen LogP contribution in [-0.4, -0.2) is 42.5 Å². The third-order valence-electron chi connectivity index (χ3n) is 4.39. The molecule has 0 amide bonds. The highest BCUT2D eigenvalue weighted by Crippen LogP contribution is 2.30. The van der Waals surface area contributed by atoms with E-state index in [9.17, 15) is 0 Å². The van der Waals surface area contributed by atoms with Gasteiger partial charge in [0.2, 0.25) is 0 Å². The highest BCUT2D eigenvalue weighted by atomic mass is 35.5. The number of hydrogen-bond donors (Lipinski definition) is 0. The van der Waals surface area contributed by atoms with Gasteiger partial charge in [0.1, 0.15) is 0 Å². The topological polar surface area (TPSA) is 6.48 Å². The normalized spacial score (nSPS) is 17.6. The number of piperazine rings is 1. The van der Waals surface area contributed by atoms with Gasteiger partial charge in [-0.2, -0.15) is 0 Å². The number of terminal acetylenes is 1. The van der Waals surface area contributed by atoms with Gasteiger partial charge in [-0.15, -0.1) is 6.42 Å². The molecule has 1 atom stereocenters. The van der Waals surface area contributed by atoms with E-state index in [4.69, 9.17) is 18.0 Å². The molecule has 0 spiro atoms. The van der Waals surface area contributed by atoms with Crippen LogP contribution in [0.2, 0.25) is 5.02 Å². The Labute approximate surface area is 143 Å². The maximum absolute atomic E-state index is 6.06. The summed E-state index contributed by atoms with van der Waals surface area (Å²) in [5.41, 5.74) is 2.60. The van der Waals surface area contributed by atoms with Gasteiger partial charge >= 0.3 is 0 Å². The number of halogens is 1. The molecule has 118 valence electrons. The van der Waals surface area contributed by atoms with Gasteiger partial charge in [-0.1, -0.05) is 60.0 Å². The lowest BCUT2D eigenvalue weighted by Crippen LogP contribution is -2.47. The summed E-state index contributed by atoms with van der Waals surface area (Å²) >= 11 is 6.06. The summed E-state index contributed by atoms with van der Waals surface area (Å²) in [4.78, 5) is 4.87. The second-order valence-electron chi connectivity index (χ2n) is 5.88. The zero-order chi connectivity index (χ0) is 16.1. The van der Waals surface area contributed by atoms with Gasteiger partial charge in [-0.3, -0.25) is 9.80 Å². The number of benzene rings is 2. The summed E-state index contributed by atoms with van der Waals surface area (Å²) in [7, 11) is 0. The molecule has 0 aromatic heterocycles. The average Bonchev–Trinajstić information content (AvgIpc) is 2.60. The smallest absolute Gasteiger partial charge is 0.0602 e. The first-order valence-corrected chi connectivity index (χ1v) is 8.36. The molecule has 0 N–H and O–H groups in total. The van der Waals surface area contributed by atoms with Crippen LogP contribution in [0, 0.1) is 12.3 Å². The lowest BCUT2D eigenvalue weighted by atomic mass is 9.96. The lowest BCUT2D eigenvalue weighted by Gasteiger charge is -2.39. The summed E-state index contributed by atoms with van der Waals surface area (Å²) in [6.45, 7) is 4.81. The molecule has 2 aromatic rings. The van der Waals surface area contributed by atoms with E-state index in [1.54, 1.807) is 0 Å². The maximum Gasteiger partial charge on any atom is 0.0602 e. The quantitative estimate of drug-likeness (QED) is 0.792. The predicted molar refractivity (Wildman–Crippen MR) is 96.6 cm³/mol. The summed E-state index contributed by atoms with van der Waals surface area (Å²) in [6.07, 6.45) is 5.43. The van der Waals surface area contributed by atoms with Gasteiger partial charge in [-0.25, -0.2) is 0 Å². The fourth-order valence-corrected chi connectivity index (χ4v) is 3.33. The molecule has 1 aliphatic rings. The summed E-state index contributed by atoms with van der Waals surface area (Å²) in [5.74, 6) is 2.74. The monoisotopic (exact) mass is 324 g/mol. The van der Waals surface area contributed by atoms with Crippen LogP contribution in [0.4, 0.5) is 0 Å². The van der Waals surface area contributed by atoms with E-state index in [1.165, 1.54) is 11.1 Å². The van der Waals surface area contributed by atoms with Crippen LogP contribution in [0.5, 0.6) is 0 Å². The highest BCUT2D eigenvalue weighted by molar-refractivity contribution is 6.30. The van der Waals surface area contributed by atoms with Crippen molar-refractivity contribution >= 4 is 11.6 Å². The second kappa shape index (κ2) is 7.66. The summed E-state index contributed by atoms with van der Waals surface area (Å²) < 4.78 is 0. The Bertz CT molecular complexity index is 652. The van der Waals surface area contributed by atoms with E-state index in [-0.39, 0.29) is 6.04 Å². The third kappa shape index (κ3) is 3.95. The number of nitrogens with zero attached hydrogens (tertiary/aromatic N) is 2. The first-order chi connectivity index (χ1) is 11.3. The fourth-order valence-electron chi connectivity index (χ4n) is 3.20. The fraction of sp³-hybridized carbons (Fsp3) is 0.300. The molecule has 1 fully saturated rings. The van der Waals surface area contributed by atoms with E-state index in [0.717, 1.165) is 37.7 Å². The Hall–Kier alpha value is -1.79. The van der Waals surface area contributed by atoms with Crippen LogP contribution in [0.3, 0.4) is 0 Å². The van der Waals surface area contributed by atoms with Crippen LogP contribution >= 0.6 is 11.6 Å². The van der Waals surface area contributed by atoms with E-state index in [2.05, 4.69) is 58.2 Å². The van der Waals surface area contributed by atoms with E-state index in [1.807, 2.05) is 12.1 Å². The van der Waals surface area contributed by atoms with Crippen molar-refractivity contribution in [3.8, 4) is 12.3 Å². The zero-order valence-corrected chi connectivity index (χ0v) is 13.9. The molecule has 3 heteroatoms. The molecule has 1 heterocycles. The Kier molecular flexibility index (Phi) is 5.35. The van der Waals surface area contributed by atoms with Gasteiger partial charge in [0.05, 0.1) is 12.6 Å². The molecule has 0 radical (unpaired) electrons. The molecule has 1 aliphatic heterocycles. The SMILES string of the molecule is C#CCN1CCN([C@@H](c2ccccc2)c2ccc(Cl)cc2)CC1. The molecule has 23 heavy (non-hydrogen) atoms. The van der Waals surface area contributed by atoms with Gasteiger partial charge < -0.3 is 0 Å². The molecular formula is C20H21ClN2. The zero-order valence-electron chi connectivity index (χ0n) is 13.2. The Morgan fingerprint density at radius 1 is 0.913 bits per heavy atom. The van der Waals surface area contributed by atoms with Crippen LogP contribution in [0.25, 0.3) is 0 Å². The van der Waals surface area contributed by atoms with E-state index < -0.39 is 0 Å². The minimum absolute atomic E-state index is 0.265. The lowest BCUT2D eigenvalue weighted by molar-refractivity contribution is 0.119. The van der Waals surface area contributed by atoms with Crippen molar-refractivity contribution in [3.05, 3.63) is 70.7 Å². The van der Waals surface area contributed by atoms with Gasteiger partial charge in [0.15, 0.2) is 0 Å². The molecule has 2 nitrogen and oxygen atoms in total. The second-order valence-corrected chi connectivity index (χ2v) is 6.32. The Morgan fingerprint density at radius 2 is 1.52 bits per heavy atom. The first-order valence-electron chi connectivity index (χ1n) is 7.98. The van der Waals surface area contributed by atoms with E-state index in [0.29, 0.717) is 0 Å². The summed E-state index contributed by atoms with van der Waals surface area (Å²) in [5, 5.41) is 0.777. The largest absolute Gasteiger partial charge is 0.290 e. The van der Waals surface area contributed by atoms with Crippen LogP contribution in [-0.2, 0) is 0 Å². The minimum atomic E-state index is 0.265. The van der Waals surface area contributed by atoms with E-state index >= 15 is 0 Å². The van der Waals surface area contributed by atoms with Crippen LogP contribution in [0.1, 0.15) is 17.2 Å². The highest BCUT2D eigenvalue weighted by Gasteiger charge is 2.25. The van der Waals surface area contributed by atoms with Crippen molar-refractivity contribution in [3.63, 3.8) is 0 Å². The van der Waals surface area contributed by atoms with Crippen LogP contribution < -0.4 is 0 Å². The van der Waals surface area contributed by atoms with Crippen molar-refractivity contribution in [2.24, 2.45) is 0 Å². The summed E-state index contributed by atoms with van der Waals surface area (Å²) in [6, 6.07) is 19.2. The van der Waals surface area contributed by atoms with Crippen molar-refractivity contribution < 1.29 is 0 Å². The van der Waals surface area contributed by atoms with Gasteiger partial charge in [0.25, 0.3) is 0 Å². The molecule has 3 rings (SSSR count). The third-order valence-corrected chi connectivity index (χ3v) is 4.64. The molecule has 0 saturated carbocycles. The molecule has 0 bridgehead atoms. The Balaban J connectivity index is 1.85. The minimum Gasteiger partial charge on any atom is -0.290 e. The van der Waals surface area contributed by atoms with Crippen molar-refractivity contribution in [2.75, 3.05) is 32.7 Å². The number of hydrogen-bond acceptors (Lipinski definition) is 2. The first kappa shape index (κ1) is 16.1. The molecule has 0 aliphatic carbocycles. The molecule has 1 saturated heterocycles. The molecule has 2 aromatic carbocycles. The van der Waals surface area contributed by atoms with Crippen molar-refractivity contribution in [1.29, 1.82) is 0 Å². The van der Waals surface area contributed by atoms with Gasteiger partial charge in [0, 0.05) is 31.2 Å². The Morgan fingerprint density at radius 3 is 2.13 bits per heavy atom. The molecular weight excluding hydrogens is 304 g/mol. The van der Waals surface area contributed by atoms with Crippen molar-refractivity contribution in [1.82, 2.24) is 9.80 Å². The standard InChI is InChI=1S/C20H21ClN2/c1-2-12-22-13-15-23(16-14-22)20(17-6-4-3-5-7-17)18-8-10-19(21)11-9-18/h1,3-11,20H,12-16H2/t20-/m0/s1. The number of rotatable bonds is 4. The predicted octanol–water partition coefficient (Wildman–Crippen LogP) is 3.68. The average molecular weight is 325 g/mol.